The van der Waals surface area contributed by atoms with E-state index in [4.69, 9.17) is 4.74 Å². The van der Waals surface area contributed by atoms with Crippen LogP contribution in [0.25, 0.3) is 11.0 Å². The molecule has 2 aromatic heterocycles. The van der Waals surface area contributed by atoms with Crippen molar-refractivity contribution in [3.8, 4) is 5.88 Å². The molecular weight excluding hydrogens is 398 g/mol. The predicted molar refractivity (Wildman–Crippen MR) is 121 cm³/mol. The zero-order valence-corrected chi connectivity index (χ0v) is 18.5. The molecule has 1 fully saturated rings. The number of aryl methyl sites for hydroxylation is 3. The van der Waals surface area contributed by atoms with E-state index in [1.54, 1.807) is 4.68 Å². The molecule has 30 heavy (non-hydrogen) atoms. The summed E-state index contributed by atoms with van der Waals surface area (Å²) in [5.41, 5.74) is 4.68. The summed E-state index contributed by atoms with van der Waals surface area (Å²) in [7, 11) is 1.83. The van der Waals surface area contributed by atoms with Gasteiger partial charge in [-0.25, -0.2) is 9.67 Å². The van der Waals surface area contributed by atoms with Gasteiger partial charge in [0.1, 0.15) is 0 Å². The number of aromatic nitrogens is 3. The molecule has 0 saturated carbocycles. The Morgan fingerprint density at radius 3 is 2.80 bits per heavy atom. The number of anilines is 1. The van der Waals surface area contributed by atoms with Gasteiger partial charge in [-0.2, -0.15) is 11.8 Å². The zero-order chi connectivity index (χ0) is 21.1. The van der Waals surface area contributed by atoms with Crippen molar-refractivity contribution in [2.75, 3.05) is 36.5 Å². The maximum Gasteiger partial charge on any atom is 0.262 e. The number of thioether (sulfide) groups is 1. The summed E-state index contributed by atoms with van der Waals surface area (Å²) in [5.74, 6) is 2.56. The summed E-state index contributed by atoms with van der Waals surface area (Å²) < 4.78 is 7.48. The number of para-hydroxylation sites is 1. The Balaban J connectivity index is 1.43. The Morgan fingerprint density at radius 1 is 1.23 bits per heavy atom. The van der Waals surface area contributed by atoms with Crippen LogP contribution in [-0.2, 0) is 18.4 Å². The van der Waals surface area contributed by atoms with Crippen molar-refractivity contribution in [2.24, 2.45) is 7.05 Å². The minimum Gasteiger partial charge on any atom is -0.466 e. The van der Waals surface area contributed by atoms with E-state index < -0.39 is 0 Å². The molecule has 4 rings (SSSR count). The fraction of sp³-hybridized carbons (Fsp3) is 0.409. The monoisotopic (exact) mass is 425 g/mol. The highest BCUT2D eigenvalue weighted by molar-refractivity contribution is 7.99. The number of ether oxygens (including phenoxy) is 1. The maximum atomic E-state index is 12.6. The first-order valence-electron chi connectivity index (χ1n) is 10.1. The molecule has 1 N–H and O–H groups in total. The lowest BCUT2D eigenvalue weighted by Crippen LogP contribution is -2.32. The largest absolute Gasteiger partial charge is 0.466 e. The molecule has 158 valence electrons. The number of rotatable bonds is 6. The third-order valence-electron chi connectivity index (χ3n) is 5.22. The van der Waals surface area contributed by atoms with Gasteiger partial charge in [0.05, 0.1) is 5.39 Å². The van der Waals surface area contributed by atoms with Crippen LogP contribution in [0, 0.1) is 13.8 Å². The molecule has 1 aromatic carbocycles. The molecule has 0 unspecified atom stereocenters. The van der Waals surface area contributed by atoms with Gasteiger partial charge in [0, 0.05) is 49.6 Å². The maximum absolute atomic E-state index is 12.6. The topological polar surface area (TPSA) is 72.3 Å². The third-order valence-corrected chi connectivity index (χ3v) is 6.16. The number of pyridine rings is 1. The number of amides is 1. The summed E-state index contributed by atoms with van der Waals surface area (Å²) in [6.07, 6.45) is 0. The van der Waals surface area contributed by atoms with Gasteiger partial charge < -0.3 is 10.1 Å². The molecule has 0 bridgehead atoms. The van der Waals surface area contributed by atoms with Crippen LogP contribution < -0.4 is 10.1 Å². The first-order chi connectivity index (χ1) is 14.5. The zero-order valence-electron chi connectivity index (χ0n) is 17.6. The summed E-state index contributed by atoms with van der Waals surface area (Å²) in [6.45, 7) is 6.85. The van der Waals surface area contributed by atoms with Gasteiger partial charge >= 0.3 is 0 Å². The number of nitrogens with one attached hydrogen (secondary N) is 1. The summed E-state index contributed by atoms with van der Waals surface area (Å²) in [5, 5.41) is 8.26. The van der Waals surface area contributed by atoms with Crippen molar-refractivity contribution in [1.29, 1.82) is 0 Å². The van der Waals surface area contributed by atoms with E-state index in [2.05, 4.69) is 26.4 Å². The molecular formula is C22H27N5O2S. The number of fused-ring (bicyclic) bond motifs is 1. The molecule has 8 heteroatoms. The lowest BCUT2D eigenvalue weighted by atomic mass is 10.1. The molecule has 0 radical (unpaired) electrons. The third kappa shape index (κ3) is 4.60. The number of hydrogen-bond donors (Lipinski definition) is 1. The van der Waals surface area contributed by atoms with E-state index in [1.165, 1.54) is 0 Å². The fourth-order valence-electron chi connectivity index (χ4n) is 3.75. The van der Waals surface area contributed by atoms with E-state index in [0.29, 0.717) is 5.88 Å². The molecule has 1 saturated heterocycles. The van der Waals surface area contributed by atoms with E-state index >= 15 is 0 Å². The highest BCUT2D eigenvalue weighted by Gasteiger charge is 2.17. The van der Waals surface area contributed by atoms with E-state index in [0.717, 1.165) is 64.7 Å². The van der Waals surface area contributed by atoms with E-state index in [1.807, 2.05) is 56.9 Å². The second-order valence-corrected chi connectivity index (χ2v) is 8.82. The van der Waals surface area contributed by atoms with Gasteiger partial charge in [-0.3, -0.25) is 9.69 Å². The van der Waals surface area contributed by atoms with E-state index in [9.17, 15) is 4.79 Å². The molecule has 1 aliphatic rings. The Hall–Kier alpha value is -2.58. The first-order valence-corrected chi connectivity index (χ1v) is 11.3. The van der Waals surface area contributed by atoms with Crippen LogP contribution in [0.1, 0.15) is 16.8 Å². The number of benzene rings is 1. The van der Waals surface area contributed by atoms with Crippen LogP contribution in [0.2, 0.25) is 0 Å². The fourth-order valence-corrected chi connectivity index (χ4v) is 4.73. The highest BCUT2D eigenvalue weighted by atomic mass is 32.2. The second-order valence-electron chi connectivity index (χ2n) is 7.59. The average molecular weight is 426 g/mol. The van der Waals surface area contributed by atoms with Crippen LogP contribution in [0.3, 0.4) is 0 Å². The van der Waals surface area contributed by atoms with Gasteiger partial charge in [-0.05, 0) is 37.1 Å². The molecule has 3 aromatic rings. The average Bonchev–Trinajstić information content (AvgIpc) is 3.04. The van der Waals surface area contributed by atoms with Crippen LogP contribution in [0.15, 0.2) is 30.3 Å². The standard InChI is InChI=1S/C22H27N5O2S/c1-15-12-16(2)23-21-20(15)22(25-26(21)3)29-14-19(28)24-18-7-5-4-6-17(18)13-27-8-10-30-11-9-27/h4-7,12H,8-11,13-14H2,1-3H3,(H,24,28). The minimum absolute atomic E-state index is 0.103. The second kappa shape index (κ2) is 9.06. The van der Waals surface area contributed by atoms with Crippen LogP contribution in [0.5, 0.6) is 5.88 Å². The highest BCUT2D eigenvalue weighted by Crippen LogP contribution is 2.27. The van der Waals surface area contributed by atoms with Gasteiger partial charge in [0.25, 0.3) is 5.91 Å². The molecule has 7 nitrogen and oxygen atoms in total. The smallest absolute Gasteiger partial charge is 0.262 e. The van der Waals surface area contributed by atoms with Crippen molar-refractivity contribution in [3.63, 3.8) is 0 Å². The molecule has 1 aliphatic heterocycles. The van der Waals surface area contributed by atoms with Crippen molar-refractivity contribution in [3.05, 3.63) is 47.2 Å². The molecule has 0 atom stereocenters. The first kappa shape index (κ1) is 20.7. The van der Waals surface area contributed by atoms with Crippen LogP contribution >= 0.6 is 11.8 Å². The van der Waals surface area contributed by atoms with E-state index in [-0.39, 0.29) is 12.5 Å². The predicted octanol–water partition coefficient (Wildman–Crippen LogP) is 3.15. The van der Waals surface area contributed by atoms with Gasteiger partial charge in [0.2, 0.25) is 5.88 Å². The lowest BCUT2D eigenvalue weighted by molar-refractivity contribution is -0.118. The lowest BCUT2D eigenvalue weighted by Gasteiger charge is -2.27. The molecule has 3 heterocycles. The van der Waals surface area contributed by atoms with Gasteiger partial charge in [0.15, 0.2) is 12.3 Å². The number of nitrogens with zero attached hydrogens (tertiary/aromatic N) is 4. The quantitative estimate of drug-likeness (QED) is 0.654. The van der Waals surface area contributed by atoms with Crippen LogP contribution in [-0.4, -0.2) is 56.8 Å². The summed E-state index contributed by atoms with van der Waals surface area (Å²) in [4.78, 5) is 19.6. The SMILES string of the molecule is Cc1cc(C)c2c(OCC(=O)Nc3ccccc3CN3CCSCC3)nn(C)c2n1. The Labute approximate surface area is 180 Å². The summed E-state index contributed by atoms with van der Waals surface area (Å²) >= 11 is 1.99. The Kier molecular flexibility index (Phi) is 6.24. The number of hydrogen-bond acceptors (Lipinski definition) is 6. The van der Waals surface area contributed by atoms with Crippen molar-refractivity contribution < 1.29 is 9.53 Å². The number of carbonyl (C=O) groups is 1. The summed E-state index contributed by atoms with van der Waals surface area (Å²) in [6, 6.07) is 9.96. The van der Waals surface area contributed by atoms with Crippen LogP contribution in [0.4, 0.5) is 5.69 Å². The van der Waals surface area contributed by atoms with Gasteiger partial charge in [-0.15, -0.1) is 5.10 Å². The molecule has 0 spiro atoms. The van der Waals surface area contributed by atoms with Crippen molar-refractivity contribution >= 4 is 34.4 Å². The molecule has 0 aliphatic carbocycles. The van der Waals surface area contributed by atoms with Crippen molar-refractivity contribution in [2.45, 2.75) is 20.4 Å². The Morgan fingerprint density at radius 2 is 2.00 bits per heavy atom. The normalized spacial score (nSPS) is 14.8. The number of carbonyl (C=O) groups excluding carboxylic acids is 1. The molecule has 1 amide bonds. The van der Waals surface area contributed by atoms with Gasteiger partial charge in [-0.1, -0.05) is 18.2 Å². The minimum atomic E-state index is -0.201. The Bertz CT molecular complexity index is 1060. The van der Waals surface area contributed by atoms with Crippen molar-refractivity contribution in [1.82, 2.24) is 19.7 Å².